The normalized spacial score (nSPS) is 16.4. The third-order valence-electron chi connectivity index (χ3n) is 4.54. The molecule has 2 aromatic carbocycles. The molecule has 1 amide bonds. The summed E-state index contributed by atoms with van der Waals surface area (Å²) in [5.74, 6) is -0.644. The number of sulfonamides is 1. The van der Waals surface area contributed by atoms with E-state index in [2.05, 4.69) is 5.32 Å². The maximum atomic E-state index is 13.0. The highest BCUT2D eigenvalue weighted by Gasteiger charge is 2.27. The van der Waals surface area contributed by atoms with Crippen LogP contribution in [0.5, 0.6) is 0 Å². The van der Waals surface area contributed by atoms with E-state index in [4.69, 9.17) is 0 Å². The Kier molecular flexibility index (Phi) is 5.38. The zero-order valence-corrected chi connectivity index (χ0v) is 15.3. The van der Waals surface area contributed by atoms with Crippen LogP contribution in [-0.4, -0.2) is 31.7 Å². The SMILES string of the molecule is C[C@@H](NC(=O)c1ccc(S(=O)(=O)N2CCCC2)cc1)c1ccc(F)cc1. The zero-order chi connectivity index (χ0) is 18.7. The van der Waals surface area contributed by atoms with Gasteiger partial charge in [-0.3, -0.25) is 4.79 Å². The van der Waals surface area contributed by atoms with Gasteiger partial charge in [-0.2, -0.15) is 4.31 Å². The molecule has 0 aromatic heterocycles. The minimum atomic E-state index is -3.49. The number of hydrogen-bond acceptors (Lipinski definition) is 3. The van der Waals surface area contributed by atoms with E-state index in [0.29, 0.717) is 18.7 Å². The summed E-state index contributed by atoms with van der Waals surface area (Å²) in [5, 5.41) is 2.82. The summed E-state index contributed by atoms with van der Waals surface area (Å²) in [6, 6.07) is 11.6. The fourth-order valence-electron chi connectivity index (χ4n) is 2.97. The van der Waals surface area contributed by atoms with Gasteiger partial charge < -0.3 is 5.32 Å². The number of benzene rings is 2. The van der Waals surface area contributed by atoms with Crippen LogP contribution in [0.2, 0.25) is 0 Å². The monoisotopic (exact) mass is 376 g/mol. The molecule has 1 heterocycles. The third kappa shape index (κ3) is 3.94. The maximum absolute atomic E-state index is 13.0. The number of rotatable bonds is 5. The molecule has 1 fully saturated rings. The second-order valence-electron chi connectivity index (χ2n) is 6.38. The highest BCUT2D eigenvalue weighted by molar-refractivity contribution is 7.89. The van der Waals surface area contributed by atoms with E-state index in [1.807, 2.05) is 0 Å². The number of amides is 1. The lowest BCUT2D eigenvalue weighted by Gasteiger charge is -2.16. The maximum Gasteiger partial charge on any atom is 0.251 e. The van der Waals surface area contributed by atoms with Crippen molar-refractivity contribution in [3.8, 4) is 0 Å². The van der Waals surface area contributed by atoms with Crippen molar-refractivity contribution >= 4 is 15.9 Å². The summed E-state index contributed by atoms with van der Waals surface area (Å²) < 4.78 is 39.5. The van der Waals surface area contributed by atoms with Gasteiger partial charge in [0.1, 0.15) is 5.82 Å². The third-order valence-corrected chi connectivity index (χ3v) is 6.45. The van der Waals surface area contributed by atoms with Gasteiger partial charge in [-0.15, -0.1) is 0 Å². The fraction of sp³-hybridized carbons (Fsp3) is 0.316. The molecule has 26 heavy (non-hydrogen) atoms. The van der Waals surface area contributed by atoms with Gasteiger partial charge in [0.05, 0.1) is 10.9 Å². The Morgan fingerprint density at radius 1 is 1.04 bits per heavy atom. The molecule has 138 valence electrons. The van der Waals surface area contributed by atoms with Gasteiger partial charge in [-0.25, -0.2) is 12.8 Å². The number of hydrogen-bond donors (Lipinski definition) is 1. The lowest BCUT2D eigenvalue weighted by atomic mass is 10.1. The summed E-state index contributed by atoms with van der Waals surface area (Å²) in [7, 11) is -3.49. The molecular weight excluding hydrogens is 355 g/mol. The van der Waals surface area contributed by atoms with Crippen LogP contribution >= 0.6 is 0 Å². The predicted octanol–water partition coefficient (Wildman–Crippen LogP) is 3.10. The summed E-state index contributed by atoms with van der Waals surface area (Å²) in [5.41, 5.74) is 1.16. The van der Waals surface area contributed by atoms with E-state index < -0.39 is 10.0 Å². The minimum Gasteiger partial charge on any atom is -0.346 e. The minimum absolute atomic E-state index is 0.197. The van der Waals surface area contributed by atoms with Gasteiger partial charge in [0.2, 0.25) is 10.0 Å². The van der Waals surface area contributed by atoms with Crippen LogP contribution in [0.3, 0.4) is 0 Å². The van der Waals surface area contributed by atoms with Crippen LogP contribution in [0.25, 0.3) is 0 Å². The first-order valence-electron chi connectivity index (χ1n) is 8.54. The molecule has 5 nitrogen and oxygen atoms in total. The molecule has 0 bridgehead atoms. The van der Waals surface area contributed by atoms with Crippen LogP contribution in [0.15, 0.2) is 53.4 Å². The van der Waals surface area contributed by atoms with Crippen molar-refractivity contribution in [1.82, 2.24) is 9.62 Å². The molecule has 0 spiro atoms. The first-order valence-corrected chi connectivity index (χ1v) is 9.98. The molecule has 2 aromatic rings. The highest BCUT2D eigenvalue weighted by atomic mass is 32.2. The average Bonchev–Trinajstić information content (AvgIpc) is 3.18. The molecule has 1 N–H and O–H groups in total. The first kappa shape index (κ1) is 18.5. The molecule has 0 unspecified atom stereocenters. The standard InChI is InChI=1S/C19H21FN2O3S/c1-14(15-4-8-17(20)9-5-15)21-19(23)16-6-10-18(11-7-16)26(24,25)22-12-2-3-13-22/h4-11,14H,2-3,12-13H2,1H3,(H,21,23)/t14-/m1/s1. The summed E-state index contributed by atoms with van der Waals surface area (Å²) in [6.45, 7) is 2.89. The Morgan fingerprint density at radius 3 is 2.19 bits per heavy atom. The molecule has 1 atom stereocenters. The Morgan fingerprint density at radius 2 is 1.62 bits per heavy atom. The molecule has 0 saturated carbocycles. The van der Waals surface area contributed by atoms with Gasteiger partial charge >= 0.3 is 0 Å². The predicted molar refractivity (Wildman–Crippen MR) is 96.7 cm³/mol. The lowest BCUT2D eigenvalue weighted by molar-refractivity contribution is 0.0940. The number of carbonyl (C=O) groups excluding carboxylic acids is 1. The van der Waals surface area contributed by atoms with E-state index in [-0.39, 0.29) is 22.7 Å². The van der Waals surface area contributed by atoms with Crippen molar-refractivity contribution in [3.05, 3.63) is 65.5 Å². The van der Waals surface area contributed by atoms with Crippen molar-refractivity contribution in [3.63, 3.8) is 0 Å². The first-order chi connectivity index (χ1) is 12.4. The van der Waals surface area contributed by atoms with Crippen LogP contribution in [0.1, 0.15) is 41.7 Å². The van der Waals surface area contributed by atoms with Crippen molar-refractivity contribution in [2.75, 3.05) is 13.1 Å². The van der Waals surface area contributed by atoms with E-state index >= 15 is 0 Å². The molecule has 1 aliphatic rings. The number of carbonyl (C=O) groups is 1. The topological polar surface area (TPSA) is 66.5 Å². The Labute approximate surface area is 152 Å². The largest absolute Gasteiger partial charge is 0.346 e. The van der Waals surface area contributed by atoms with Crippen LogP contribution in [0.4, 0.5) is 4.39 Å². The second kappa shape index (κ2) is 7.55. The molecule has 0 radical (unpaired) electrons. The van der Waals surface area contributed by atoms with E-state index in [1.54, 1.807) is 19.1 Å². The Bertz CT molecular complexity index is 874. The van der Waals surface area contributed by atoms with Crippen molar-refractivity contribution in [1.29, 1.82) is 0 Å². The fourth-order valence-corrected chi connectivity index (χ4v) is 4.49. The Hall–Kier alpha value is -2.25. The van der Waals surface area contributed by atoms with Crippen LogP contribution in [0, 0.1) is 5.82 Å². The number of halogens is 1. The van der Waals surface area contributed by atoms with Gasteiger partial charge in [-0.05, 0) is 61.7 Å². The highest BCUT2D eigenvalue weighted by Crippen LogP contribution is 2.21. The van der Waals surface area contributed by atoms with Gasteiger partial charge in [0, 0.05) is 18.7 Å². The summed E-state index contributed by atoms with van der Waals surface area (Å²) >= 11 is 0. The van der Waals surface area contributed by atoms with E-state index in [1.165, 1.54) is 40.7 Å². The van der Waals surface area contributed by atoms with Crippen LogP contribution < -0.4 is 5.32 Å². The average molecular weight is 376 g/mol. The molecule has 1 saturated heterocycles. The van der Waals surface area contributed by atoms with Crippen molar-refractivity contribution in [2.45, 2.75) is 30.7 Å². The van der Waals surface area contributed by atoms with Crippen molar-refractivity contribution in [2.24, 2.45) is 0 Å². The van der Waals surface area contributed by atoms with Crippen LogP contribution in [-0.2, 0) is 10.0 Å². The number of nitrogens with one attached hydrogen (secondary N) is 1. The smallest absolute Gasteiger partial charge is 0.251 e. The van der Waals surface area contributed by atoms with Gasteiger partial charge in [0.15, 0.2) is 0 Å². The molecular formula is C19H21FN2O3S. The summed E-state index contributed by atoms with van der Waals surface area (Å²) in [6.07, 6.45) is 1.75. The number of nitrogens with zero attached hydrogens (tertiary/aromatic N) is 1. The van der Waals surface area contributed by atoms with Gasteiger partial charge in [0.25, 0.3) is 5.91 Å². The summed E-state index contributed by atoms with van der Waals surface area (Å²) in [4.78, 5) is 12.6. The molecule has 1 aliphatic heterocycles. The molecule has 7 heteroatoms. The second-order valence-corrected chi connectivity index (χ2v) is 8.32. The van der Waals surface area contributed by atoms with E-state index in [9.17, 15) is 17.6 Å². The van der Waals surface area contributed by atoms with E-state index in [0.717, 1.165) is 18.4 Å². The molecule has 3 rings (SSSR count). The zero-order valence-electron chi connectivity index (χ0n) is 14.5. The molecule has 0 aliphatic carbocycles. The Balaban J connectivity index is 1.69. The lowest BCUT2D eigenvalue weighted by Crippen LogP contribution is -2.28. The van der Waals surface area contributed by atoms with Crippen molar-refractivity contribution < 1.29 is 17.6 Å². The quantitative estimate of drug-likeness (QED) is 0.872. The van der Waals surface area contributed by atoms with Gasteiger partial charge in [-0.1, -0.05) is 12.1 Å².